The minimum absolute atomic E-state index is 0.0616. The van der Waals surface area contributed by atoms with Crippen molar-refractivity contribution < 1.29 is 4.79 Å². The molecule has 0 bridgehead atoms. The molecule has 0 amide bonds. The van der Waals surface area contributed by atoms with Gasteiger partial charge in [-0.05, 0) is 69.4 Å². The van der Waals surface area contributed by atoms with Crippen molar-refractivity contribution in [1.82, 2.24) is 9.47 Å². The summed E-state index contributed by atoms with van der Waals surface area (Å²) in [7, 11) is 2.18. The minimum Gasteiger partial charge on any atom is -0.314 e. The number of allylic oxidation sites excluding steroid dienone is 6. The summed E-state index contributed by atoms with van der Waals surface area (Å²) in [6.45, 7) is 2.21. The fourth-order valence-electron chi connectivity index (χ4n) is 5.10. The maximum atomic E-state index is 11.9. The molecule has 3 heterocycles. The Morgan fingerprint density at radius 1 is 1.27 bits per heavy atom. The number of likely N-dealkylation sites (tertiary alicyclic amines) is 1. The van der Waals surface area contributed by atoms with Gasteiger partial charge in [0.15, 0.2) is 0 Å². The van der Waals surface area contributed by atoms with E-state index in [1.807, 2.05) is 6.21 Å². The van der Waals surface area contributed by atoms with Gasteiger partial charge in [-0.25, -0.2) is 0 Å². The topological polar surface area (TPSA) is 37.6 Å². The average Bonchev–Trinajstić information content (AvgIpc) is 3.03. The molecule has 1 saturated heterocycles. The van der Waals surface area contributed by atoms with Gasteiger partial charge in [0.1, 0.15) is 6.29 Å². The van der Waals surface area contributed by atoms with Gasteiger partial charge in [0, 0.05) is 29.8 Å². The van der Waals surface area contributed by atoms with E-state index < -0.39 is 0 Å². The van der Waals surface area contributed by atoms with Crippen LogP contribution in [0.4, 0.5) is 0 Å². The first-order chi connectivity index (χ1) is 12.8. The highest BCUT2D eigenvalue weighted by Crippen LogP contribution is 2.44. The summed E-state index contributed by atoms with van der Waals surface area (Å²) < 4.78 is 2.31. The number of carbonyl (C=O) groups excluding carboxylic acids is 1. The highest BCUT2D eigenvalue weighted by Gasteiger charge is 2.38. The van der Waals surface area contributed by atoms with E-state index in [9.17, 15) is 4.79 Å². The van der Waals surface area contributed by atoms with Crippen LogP contribution in [0.3, 0.4) is 0 Å². The predicted octanol–water partition coefficient (Wildman–Crippen LogP) is 3.41. The molecule has 5 rings (SSSR count). The van der Waals surface area contributed by atoms with Crippen LogP contribution in [0.2, 0.25) is 0 Å². The van der Waals surface area contributed by atoms with Crippen molar-refractivity contribution in [3.63, 3.8) is 0 Å². The molecule has 2 aliphatic heterocycles. The number of hydrogen-bond acceptors (Lipinski definition) is 3. The molecular formula is C22H25N3O. The Morgan fingerprint density at radius 3 is 2.92 bits per heavy atom. The van der Waals surface area contributed by atoms with Crippen LogP contribution in [0.1, 0.15) is 30.5 Å². The van der Waals surface area contributed by atoms with E-state index in [1.54, 1.807) is 0 Å². The lowest BCUT2D eigenvalue weighted by Gasteiger charge is -2.38. The van der Waals surface area contributed by atoms with Crippen LogP contribution >= 0.6 is 0 Å². The number of fused-ring (bicyclic) bond motifs is 1. The maximum Gasteiger partial charge on any atom is 0.127 e. The third-order valence-electron chi connectivity index (χ3n) is 6.52. The molecule has 2 aliphatic carbocycles. The van der Waals surface area contributed by atoms with E-state index in [2.05, 4.69) is 47.0 Å². The van der Waals surface area contributed by atoms with Crippen LogP contribution < -0.4 is 0 Å². The van der Waals surface area contributed by atoms with Gasteiger partial charge in [0.25, 0.3) is 0 Å². The van der Waals surface area contributed by atoms with Crippen LogP contribution in [0.5, 0.6) is 0 Å². The van der Waals surface area contributed by atoms with Crippen molar-refractivity contribution in [3.8, 4) is 0 Å². The summed E-state index contributed by atoms with van der Waals surface area (Å²) in [6.07, 6.45) is 16.3. The molecule has 2 unspecified atom stereocenters. The molecule has 1 aromatic heterocycles. The van der Waals surface area contributed by atoms with Gasteiger partial charge in [-0.3, -0.25) is 4.99 Å². The summed E-state index contributed by atoms with van der Waals surface area (Å²) in [5.74, 6) is 0.646. The first-order valence-electron chi connectivity index (χ1n) is 9.77. The molecule has 1 fully saturated rings. The quantitative estimate of drug-likeness (QED) is 0.769. The number of hydrogen-bond donors (Lipinski definition) is 0. The van der Waals surface area contributed by atoms with Gasteiger partial charge in [0.05, 0.1) is 17.1 Å². The Hall–Kier alpha value is -2.20. The second-order valence-corrected chi connectivity index (χ2v) is 8.03. The minimum atomic E-state index is -0.0616. The Bertz CT molecular complexity index is 862. The van der Waals surface area contributed by atoms with E-state index in [0.29, 0.717) is 5.92 Å². The average molecular weight is 347 g/mol. The fraction of sp³-hybridized carbons (Fsp3) is 0.455. The van der Waals surface area contributed by atoms with Crippen molar-refractivity contribution in [2.24, 2.45) is 22.7 Å². The van der Waals surface area contributed by atoms with E-state index >= 15 is 0 Å². The van der Waals surface area contributed by atoms with Crippen LogP contribution in [-0.2, 0) is 11.2 Å². The Kier molecular flexibility index (Phi) is 3.82. The number of aliphatic imine (C=N–C) groups is 1. The van der Waals surface area contributed by atoms with Gasteiger partial charge >= 0.3 is 0 Å². The highest BCUT2D eigenvalue weighted by atomic mass is 16.1. The smallest absolute Gasteiger partial charge is 0.127 e. The SMILES string of the molecule is CN1CCC(C2C3=C(C=CC2C=O)n2ccc4c2C(=CCC4)C=N3)CC1. The van der Waals surface area contributed by atoms with Gasteiger partial charge in [-0.15, -0.1) is 0 Å². The number of aromatic nitrogens is 1. The Morgan fingerprint density at radius 2 is 2.12 bits per heavy atom. The molecule has 1 aromatic rings. The summed E-state index contributed by atoms with van der Waals surface area (Å²) in [4.78, 5) is 19.2. The molecule has 4 heteroatoms. The van der Waals surface area contributed by atoms with Gasteiger partial charge in [-0.1, -0.05) is 12.2 Å². The number of aldehydes is 1. The first-order valence-corrected chi connectivity index (χ1v) is 9.77. The van der Waals surface area contributed by atoms with E-state index in [0.717, 1.165) is 56.5 Å². The van der Waals surface area contributed by atoms with E-state index in [1.165, 1.54) is 16.8 Å². The number of carbonyl (C=O) groups is 1. The molecule has 0 aromatic carbocycles. The number of nitrogens with zero attached hydrogens (tertiary/aromatic N) is 3. The third kappa shape index (κ3) is 2.39. The molecule has 2 atom stereocenters. The van der Waals surface area contributed by atoms with Gasteiger partial charge in [-0.2, -0.15) is 0 Å². The fourth-order valence-corrected chi connectivity index (χ4v) is 5.10. The third-order valence-corrected chi connectivity index (χ3v) is 6.52. The molecule has 134 valence electrons. The predicted molar refractivity (Wildman–Crippen MR) is 105 cm³/mol. The van der Waals surface area contributed by atoms with Crippen molar-refractivity contribution in [2.45, 2.75) is 25.7 Å². The lowest BCUT2D eigenvalue weighted by atomic mass is 9.73. The van der Waals surface area contributed by atoms with Crippen LogP contribution in [-0.4, -0.2) is 42.1 Å². The standard InChI is InChI=1S/C22H25N3O/c1-24-10-7-15(8-11-24)20-18(14-26)5-6-19-21(20)23-13-17-4-2-3-16-9-12-25(19)22(16)17/h4-6,9,12-15,18,20H,2-3,7-8,10-11H2,1H3. The lowest BCUT2D eigenvalue weighted by Crippen LogP contribution is -2.37. The second-order valence-electron chi connectivity index (χ2n) is 8.03. The molecule has 0 saturated carbocycles. The zero-order chi connectivity index (χ0) is 17.7. The zero-order valence-electron chi connectivity index (χ0n) is 15.3. The maximum absolute atomic E-state index is 11.9. The van der Waals surface area contributed by atoms with Crippen LogP contribution in [0.25, 0.3) is 11.3 Å². The lowest BCUT2D eigenvalue weighted by molar-refractivity contribution is -0.111. The van der Waals surface area contributed by atoms with Crippen molar-refractivity contribution in [2.75, 3.05) is 20.1 Å². The molecular weight excluding hydrogens is 322 g/mol. The number of rotatable bonds is 2. The number of piperidine rings is 1. The highest BCUT2D eigenvalue weighted by molar-refractivity contribution is 6.12. The summed E-state index contributed by atoms with van der Waals surface area (Å²) in [5.41, 5.74) is 6.19. The Balaban J connectivity index is 1.63. The van der Waals surface area contributed by atoms with Crippen LogP contribution in [0, 0.1) is 17.8 Å². The molecule has 26 heavy (non-hydrogen) atoms. The van der Waals surface area contributed by atoms with Gasteiger partial charge in [0.2, 0.25) is 0 Å². The van der Waals surface area contributed by atoms with Crippen molar-refractivity contribution >= 4 is 23.8 Å². The molecule has 0 radical (unpaired) electrons. The Labute approximate surface area is 154 Å². The molecule has 4 aliphatic rings. The van der Waals surface area contributed by atoms with Gasteiger partial charge < -0.3 is 14.3 Å². The summed E-state index contributed by atoms with van der Waals surface area (Å²) in [6, 6.07) is 2.25. The number of aryl methyl sites for hydroxylation is 1. The normalized spacial score (nSPS) is 28.4. The van der Waals surface area contributed by atoms with E-state index in [-0.39, 0.29) is 11.8 Å². The van der Waals surface area contributed by atoms with Crippen LogP contribution in [0.15, 0.2) is 41.2 Å². The monoisotopic (exact) mass is 347 g/mol. The largest absolute Gasteiger partial charge is 0.314 e. The second kappa shape index (κ2) is 6.20. The molecule has 4 nitrogen and oxygen atoms in total. The summed E-state index contributed by atoms with van der Waals surface area (Å²) >= 11 is 0. The molecule has 0 N–H and O–H groups in total. The summed E-state index contributed by atoms with van der Waals surface area (Å²) in [5, 5.41) is 0. The zero-order valence-corrected chi connectivity index (χ0v) is 15.3. The molecule has 0 spiro atoms. The van der Waals surface area contributed by atoms with Crippen molar-refractivity contribution in [3.05, 3.63) is 47.4 Å². The first kappa shape index (κ1) is 16.0. The van der Waals surface area contributed by atoms with Crippen molar-refractivity contribution in [1.29, 1.82) is 0 Å². The van der Waals surface area contributed by atoms with E-state index in [4.69, 9.17) is 4.99 Å².